The highest BCUT2D eigenvalue weighted by Gasteiger charge is 2.36. The predicted molar refractivity (Wildman–Crippen MR) is 107 cm³/mol. The van der Waals surface area contributed by atoms with Crippen LogP contribution in [0.1, 0.15) is 61.8 Å². The molecule has 0 amide bonds. The van der Waals surface area contributed by atoms with Gasteiger partial charge in [-0.25, -0.2) is 0 Å². The zero-order valence-corrected chi connectivity index (χ0v) is 16.0. The van der Waals surface area contributed by atoms with E-state index in [0.29, 0.717) is 12.3 Å². The van der Waals surface area contributed by atoms with Gasteiger partial charge < -0.3 is 10.1 Å². The Morgan fingerprint density at radius 1 is 1.22 bits per heavy atom. The van der Waals surface area contributed by atoms with Crippen LogP contribution in [0.25, 0.3) is 6.08 Å². The molecule has 5 nitrogen and oxygen atoms in total. The first-order chi connectivity index (χ1) is 13.1. The molecule has 0 saturated heterocycles. The molecule has 27 heavy (non-hydrogen) atoms. The van der Waals surface area contributed by atoms with Crippen molar-refractivity contribution in [2.24, 2.45) is 0 Å². The molecule has 140 valence electrons. The minimum atomic E-state index is -0.0673. The molecule has 1 unspecified atom stereocenters. The van der Waals surface area contributed by atoms with Crippen LogP contribution < -0.4 is 10.1 Å². The van der Waals surface area contributed by atoms with Crippen molar-refractivity contribution in [3.63, 3.8) is 0 Å². The molecular weight excluding hydrogens is 338 g/mol. The molecule has 2 N–H and O–H groups in total. The molecule has 1 atom stereocenters. The number of allylic oxidation sites excluding steroid dienone is 3. The number of hydrogen-bond donors (Lipinski definition) is 2. The van der Waals surface area contributed by atoms with Gasteiger partial charge in [-0.1, -0.05) is 38.1 Å². The number of carbonyl (C=O) groups is 1. The van der Waals surface area contributed by atoms with Crippen molar-refractivity contribution in [2.45, 2.75) is 44.9 Å². The van der Waals surface area contributed by atoms with Gasteiger partial charge in [-0.05, 0) is 36.5 Å². The maximum absolute atomic E-state index is 12.8. The van der Waals surface area contributed by atoms with Crippen LogP contribution in [0, 0.1) is 0 Å². The second-order valence-corrected chi connectivity index (χ2v) is 7.46. The Bertz CT molecular complexity index is 920. The summed E-state index contributed by atoms with van der Waals surface area (Å²) in [6.07, 6.45) is 6.65. The van der Waals surface area contributed by atoms with Gasteiger partial charge in [0.15, 0.2) is 11.6 Å². The molecule has 0 spiro atoms. The van der Waals surface area contributed by atoms with E-state index in [2.05, 4.69) is 41.5 Å². The molecule has 2 aromatic rings. The number of ether oxygens (including phenoxy) is 1. The van der Waals surface area contributed by atoms with Crippen molar-refractivity contribution in [3.05, 3.63) is 58.4 Å². The maximum Gasteiger partial charge on any atom is 0.161 e. The van der Waals surface area contributed by atoms with Gasteiger partial charge in [0.05, 0.1) is 7.11 Å². The highest BCUT2D eigenvalue weighted by Crippen LogP contribution is 2.44. The van der Waals surface area contributed by atoms with Crippen LogP contribution in [0.5, 0.6) is 5.75 Å². The van der Waals surface area contributed by atoms with Gasteiger partial charge in [0.2, 0.25) is 0 Å². The molecule has 0 radical (unpaired) electrons. The topological polar surface area (TPSA) is 67.0 Å². The van der Waals surface area contributed by atoms with E-state index in [0.717, 1.165) is 52.5 Å². The zero-order valence-electron chi connectivity index (χ0n) is 16.0. The molecule has 1 aliphatic heterocycles. The SMILES string of the molecule is COc1ccc(/C=C/C2C3=C(CCCC3=O)Nc3n[nH]c(C(C)C)c32)cc1. The van der Waals surface area contributed by atoms with Gasteiger partial charge in [-0.3, -0.25) is 9.89 Å². The summed E-state index contributed by atoms with van der Waals surface area (Å²) in [6.45, 7) is 4.29. The largest absolute Gasteiger partial charge is 0.497 e. The Morgan fingerprint density at radius 2 is 2.00 bits per heavy atom. The normalized spacial score (nSPS) is 19.3. The van der Waals surface area contributed by atoms with Crippen molar-refractivity contribution >= 4 is 17.7 Å². The molecule has 5 heteroatoms. The van der Waals surface area contributed by atoms with Crippen molar-refractivity contribution in [2.75, 3.05) is 12.4 Å². The van der Waals surface area contributed by atoms with Crippen LogP contribution in [0.2, 0.25) is 0 Å². The third-order valence-electron chi connectivity index (χ3n) is 5.36. The smallest absolute Gasteiger partial charge is 0.161 e. The number of nitrogens with one attached hydrogen (secondary N) is 2. The average Bonchev–Trinajstić information content (AvgIpc) is 3.10. The Labute approximate surface area is 159 Å². The fourth-order valence-electron chi connectivity index (χ4n) is 3.97. The summed E-state index contributed by atoms with van der Waals surface area (Å²) in [7, 11) is 1.66. The third-order valence-corrected chi connectivity index (χ3v) is 5.36. The van der Waals surface area contributed by atoms with Crippen molar-refractivity contribution < 1.29 is 9.53 Å². The van der Waals surface area contributed by atoms with Crippen LogP contribution in [0.3, 0.4) is 0 Å². The average molecular weight is 363 g/mol. The Morgan fingerprint density at radius 3 is 2.70 bits per heavy atom. The molecule has 1 aliphatic carbocycles. The minimum Gasteiger partial charge on any atom is -0.497 e. The maximum atomic E-state index is 12.8. The first-order valence-electron chi connectivity index (χ1n) is 9.52. The Balaban J connectivity index is 1.77. The van der Waals surface area contributed by atoms with E-state index in [4.69, 9.17) is 4.74 Å². The number of hydrogen-bond acceptors (Lipinski definition) is 4. The number of rotatable bonds is 4. The summed E-state index contributed by atoms with van der Waals surface area (Å²) in [4.78, 5) is 12.8. The zero-order chi connectivity index (χ0) is 19.0. The first-order valence-corrected chi connectivity index (χ1v) is 9.52. The summed E-state index contributed by atoms with van der Waals surface area (Å²) < 4.78 is 5.23. The van der Waals surface area contributed by atoms with Crippen LogP contribution in [-0.4, -0.2) is 23.1 Å². The number of aromatic nitrogens is 2. The lowest BCUT2D eigenvalue weighted by atomic mass is 9.78. The molecule has 1 aromatic heterocycles. The van der Waals surface area contributed by atoms with Crippen molar-refractivity contribution in [1.29, 1.82) is 0 Å². The van der Waals surface area contributed by atoms with E-state index in [1.807, 2.05) is 24.3 Å². The Hall–Kier alpha value is -2.82. The van der Waals surface area contributed by atoms with E-state index in [9.17, 15) is 4.79 Å². The lowest BCUT2D eigenvalue weighted by Gasteiger charge is -2.30. The van der Waals surface area contributed by atoms with Crippen molar-refractivity contribution in [3.8, 4) is 5.75 Å². The van der Waals surface area contributed by atoms with E-state index in [-0.39, 0.29) is 11.7 Å². The number of carbonyl (C=O) groups excluding carboxylic acids is 1. The molecule has 0 fully saturated rings. The lowest BCUT2D eigenvalue weighted by molar-refractivity contribution is -0.116. The lowest BCUT2D eigenvalue weighted by Crippen LogP contribution is -2.25. The molecule has 2 aliphatic rings. The van der Waals surface area contributed by atoms with Crippen LogP contribution >= 0.6 is 0 Å². The molecule has 0 bridgehead atoms. The number of H-pyrrole nitrogens is 1. The van der Waals surface area contributed by atoms with E-state index < -0.39 is 0 Å². The van der Waals surface area contributed by atoms with Gasteiger partial charge in [-0.2, -0.15) is 5.10 Å². The number of anilines is 1. The standard InChI is InChI=1S/C22H25N3O2/c1-13(2)21-20-16(12-9-14-7-10-15(27-3)11-8-14)19-17(5-4-6-18(19)26)23-22(20)25-24-21/h7-13,16H,4-6H2,1-3H3,(H2,23,24,25)/b12-9+. The molecular formula is C22H25N3O2. The van der Waals surface area contributed by atoms with Crippen molar-refractivity contribution in [1.82, 2.24) is 10.2 Å². The number of ketones is 1. The Kier molecular flexibility index (Phi) is 4.60. The fourth-order valence-corrected chi connectivity index (χ4v) is 3.97. The first kappa shape index (κ1) is 17.6. The minimum absolute atomic E-state index is 0.0673. The number of benzene rings is 1. The van der Waals surface area contributed by atoms with Crippen LogP contribution in [0.4, 0.5) is 5.82 Å². The highest BCUT2D eigenvalue weighted by molar-refractivity contribution is 6.00. The highest BCUT2D eigenvalue weighted by atomic mass is 16.5. The summed E-state index contributed by atoms with van der Waals surface area (Å²) >= 11 is 0. The number of fused-ring (bicyclic) bond motifs is 1. The summed E-state index contributed by atoms with van der Waals surface area (Å²) in [6, 6.07) is 7.94. The molecule has 2 heterocycles. The molecule has 1 aromatic carbocycles. The van der Waals surface area contributed by atoms with Gasteiger partial charge in [0, 0.05) is 34.9 Å². The second-order valence-electron chi connectivity index (χ2n) is 7.46. The summed E-state index contributed by atoms with van der Waals surface area (Å²) in [5.74, 6) is 2.18. The fraction of sp³-hybridized carbons (Fsp3) is 0.364. The van der Waals surface area contributed by atoms with E-state index in [1.165, 1.54) is 0 Å². The number of methoxy groups -OCH3 is 1. The molecule has 0 saturated carbocycles. The molecule has 4 rings (SSSR count). The third kappa shape index (κ3) is 3.18. The monoisotopic (exact) mass is 363 g/mol. The van der Waals surface area contributed by atoms with E-state index in [1.54, 1.807) is 7.11 Å². The number of Topliss-reactive ketones (excluding diaryl/α,β-unsaturated/α-hetero) is 1. The summed E-state index contributed by atoms with van der Waals surface area (Å²) in [5.41, 5.74) is 5.21. The van der Waals surface area contributed by atoms with Gasteiger partial charge in [0.1, 0.15) is 5.75 Å². The van der Waals surface area contributed by atoms with Crippen LogP contribution in [0.15, 0.2) is 41.6 Å². The number of aromatic amines is 1. The van der Waals surface area contributed by atoms with Gasteiger partial charge in [0.25, 0.3) is 0 Å². The van der Waals surface area contributed by atoms with Crippen LogP contribution in [-0.2, 0) is 4.79 Å². The summed E-state index contributed by atoms with van der Waals surface area (Å²) in [5, 5.41) is 11.1. The van der Waals surface area contributed by atoms with Gasteiger partial charge in [-0.15, -0.1) is 0 Å². The van der Waals surface area contributed by atoms with E-state index >= 15 is 0 Å². The quantitative estimate of drug-likeness (QED) is 0.821. The predicted octanol–water partition coefficient (Wildman–Crippen LogP) is 4.77. The van der Waals surface area contributed by atoms with Gasteiger partial charge >= 0.3 is 0 Å². The number of nitrogens with zero attached hydrogens (tertiary/aromatic N) is 1. The second kappa shape index (κ2) is 7.06.